The van der Waals surface area contributed by atoms with E-state index in [4.69, 9.17) is 4.52 Å². The lowest BCUT2D eigenvalue weighted by molar-refractivity contribution is 0.421. The Morgan fingerprint density at radius 3 is 3.19 bits per heavy atom. The minimum atomic E-state index is 0.476. The Morgan fingerprint density at radius 1 is 1.56 bits per heavy atom. The molecule has 0 aromatic carbocycles. The number of hydrogen-bond donors (Lipinski definition) is 2. The molecule has 5 nitrogen and oxygen atoms in total. The summed E-state index contributed by atoms with van der Waals surface area (Å²) in [5.41, 5.74) is 4.03. The second-order valence-electron chi connectivity index (χ2n) is 4.02. The second kappa shape index (κ2) is 3.71. The summed E-state index contributed by atoms with van der Waals surface area (Å²) in [7, 11) is 0. The molecular weight excluding hydrogens is 272 g/mol. The molecule has 3 heterocycles. The summed E-state index contributed by atoms with van der Waals surface area (Å²) in [5.74, 6) is 0. The summed E-state index contributed by atoms with van der Waals surface area (Å²) in [5, 5.41) is 14.8. The minimum Gasteiger partial charge on any atom is -0.363 e. The Kier molecular flexibility index (Phi) is 2.33. The zero-order valence-electron chi connectivity index (χ0n) is 8.75. The van der Waals surface area contributed by atoms with Gasteiger partial charge in [-0.2, -0.15) is 5.10 Å². The van der Waals surface area contributed by atoms with Crippen LogP contribution in [0.25, 0.3) is 11.4 Å². The standard InChI is InChI=1S/C10H11BrN4O/c1-5-2-8-6(3-12-5)9(14-13-8)10-7(11)4-16-15-10/h4-5,12H,2-3H2,1H3,(H,13,14)/t5-/m1/s1. The molecule has 0 spiro atoms. The number of aromatic nitrogens is 3. The Morgan fingerprint density at radius 2 is 2.44 bits per heavy atom. The maximum atomic E-state index is 4.92. The van der Waals surface area contributed by atoms with E-state index in [1.165, 1.54) is 5.56 Å². The number of rotatable bonds is 1. The molecule has 1 atom stereocenters. The summed E-state index contributed by atoms with van der Waals surface area (Å²) in [6.45, 7) is 2.98. The molecule has 1 aliphatic heterocycles. The summed E-state index contributed by atoms with van der Waals surface area (Å²) in [4.78, 5) is 0. The van der Waals surface area contributed by atoms with E-state index in [1.54, 1.807) is 6.26 Å². The van der Waals surface area contributed by atoms with E-state index in [1.807, 2.05) is 0 Å². The van der Waals surface area contributed by atoms with Gasteiger partial charge >= 0.3 is 0 Å². The predicted octanol–water partition coefficient (Wildman–Crippen LogP) is 1.86. The number of nitrogens with zero attached hydrogens (tertiary/aromatic N) is 2. The largest absolute Gasteiger partial charge is 0.363 e. The molecular formula is C10H11BrN4O. The van der Waals surface area contributed by atoms with E-state index in [0.29, 0.717) is 6.04 Å². The Balaban J connectivity index is 2.07. The van der Waals surface area contributed by atoms with Crippen LogP contribution >= 0.6 is 15.9 Å². The molecule has 2 aromatic rings. The molecule has 0 unspecified atom stereocenters. The van der Waals surface area contributed by atoms with Crippen molar-refractivity contribution in [3.05, 3.63) is 22.0 Å². The smallest absolute Gasteiger partial charge is 0.146 e. The zero-order valence-corrected chi connectivity index (χ0v) is 10.3. The minimum absolute atomic E-state index is 0.476. The Hall–Kier alpha value is -1.14. The molecule has 0 aliphatic carbocycles. The van der Waals surface area contributed by atoms with Crippen LogP contribution in [-0.2, 0) is 13.0 Å². The van der Waals surface area contributed by atoms with Crippen molar-refractivity contribution in [2.24, 2.45) is 0 Å². The van der Waals surface area contributed by atoms with Crippen LogP contribution in [-0.4, -0.2) is 21.4 Å². The molecule has 0 radical (unpaired) electrons. The number of aromatic amines is 1. The summed E-state index contributed by atoms with van der Waals surface area (Å²) < 4.78 is 5.76. The molecule has 16 heavy (non-hydrogen) atoms. The van der Waals surface area contributed by atoms with E-state index >= 15 is 0 Å². The third-order valence-electron chi connectivity index (χ3n) is 2.84. The number of fused-ring (bicyclic) bond motifs is 1. The van der Waals surface area contributed by atoms with Crippen LogP contribution < -0.4 is 5.32 Å². The third-order valence-corrected chi connectivity index (χ3v) is 3.41. The molecule has 0 bridgehead atoms. The van der Waals surface area contributed by atoms with Crippen LogP contribution in [0.15, 0.2) is 15.3 Å². The lowest BCUT2D eigenvalue weighted by atomic mass is 10.0. The Labute approximate surface area is 101 Å². The highest BCUT2D eigenvalue weighted by Crippen LogP contribution is 2.30. The molecule has 1 aliphatic rings. The number of hydrogen-bond acceptors (Lipinski definition) is 4. The lowest BCUT2D eigenvalue weighted by Crippen LogP contribution is -2.32. The van der Waals surface area contributed by atoms with Gasteiger partial charge in [-0.05, 0) is 22.9 Å². The fourth-order valence-electron chi connectivity index (χ4n) is 1.99. The quantitative estimate of drug-likeness (QED) is 0.838. The highest BCUT2D eigenvalue weighted by Gasteiger charge is 2.23. The summed E-state index contributed by atoms with van der Waals surface area (Å²) in [6, 6.07) is 0.476. The van der Waals surface area contributed by atoms with Gasteiger partial charge in [0.25, 0.3) is 0 Å². The monoisotopic (exact) mass is 282 g/mol. The number of halogens is 1. The first kappa shape index (κ1) is 10.0. The molecule has 6 heteroatoms. The topological polar surface area (TPSA) is 66.7 Å². The van der Waals surface area contributed by atoms with Crippen molar-refractivity contribution in [2.75, 3.05) is 0 Å². The molecule has 0 fully saturated rings. The third kappa shape index (κ3) is 1.49. The first-order valence-corrected chi connectivity index (χ1v) is 5.94. The van der Waals surface area contributed by atoms with Crippen molar-refractivity contribution in [1.82, 2.24) is 20.7 Å². The predicted molar refractivity (Wildman–Crippen MR) is 61.8 cm³/mol. The molecule has 0 saturated heterocycles. The molecule has 2 aromatic heterocycles. The van der Waals surface area contributed by atoms with Gasteiger partial charge in [0.2, 0.25) is 0 Å². The van der Waals surface area contributed by atoms with Gasteiger partial charge < -0.3 is 9.84 Å². The van der Waals surface area contributed by atoms with E-state index in [0.717, 1.165) is 34.5 Å². The van der Waals surface area contributed by atoms with Gasteiger partial charge in [0.15, 0.2) is 0 Å². The number of H-pyrrole nitrogens is 1. The normalized spacial score (nSPS) is 19.8. The van der Waals surface area contributed by atoms with Crippen LogP contribution in [0.3, 0.4) is 0 Å². The average molecular weight is 283 g/mol. The fourth-order valence-corrected chi connectivity index (χ4v) is 2.34. The molecule has 0 amide bonds. The van der Waals surface area contributed by atoms with Gasteiger partial charge in [-0.1, -0.05) is 5.16 Å². The van der Waals surface area contributed by atoms with Crippen LogP contribution in [0.5, 0.6) is 0 Å². The Bertz CT molecular complexity index is 519. The van der Waals surface area contributed by atoms with Gasteiger partial charge in [0, 0.05) is 24.6 Å². The van der Waals surface area contributed by atoms with E-state index in [-0.39, 0.29) is 0 Å². The van der Waals surface area contributed by atoms with Gasteiger partial charge in [-0.3, -0.25) is 5.10 Å². The average Bonchev–Trinajstić information content (AvgIpc) is 2.83. The van der Waals surface area contributed by atoms with Crippen LogP contribution in [0, 0.1) is 0 Å². The molecule has 0 saturated carbocycles. The van der Waals surface area contributed by atoms with Gasteiger partial charge in [0.05, 0.1) is 15.9 Å². The highest BCUT2D eigenvalue weighted by molar-refractivity contribution is 9.10. The second-order valence-corrected chi connectivity index (χ2v) is 4.88. The van der Waals surface area contributed by atoms with Crippen molar-refractivity contribution >= 4 is 15.9 Å². The van der Waals surface area contributed by atoms with Crippen LogP contribution in [0.4, 0.5) is 0 Å². The van der Waals surface area contributed by atoms with Crippen molar-refractivity contribution in [1.29, 1.82) is 0 Å². The zero-order chi connectivity index (χ0) is 11.1. The van der Waals surface area contributed by atoms with Crippen molar-refractivity contribution < 1.29 is 4.52 Å². The van der Waals surface area contributed by atoms with E-state index in [9.17, 15) is 0 Å². The van der Waals surface area contributed by atoms with Gasteiger partial charge in [0.1, 0.15) is 12.0 Å². The highest BCUT2D eigenvalue weighted by atomic mass is 79.9. The van der Waals surface area contributed by atoms with Crippen molar-refractivity contribution in [3.63, 3.8) is 0 Å². The maximum absolute atomic E-state index is 4.92. The molecule has 2 N–H and O–H groups in total. The maximum Gasteiger partial charge on any atom is 0.146 e. The van der Waals surface area contributed by atoms with E-state index < -0.39 is 0 Å². The van der Waals surface area contributed by atoms with Crippen molar-refractivity contribution in [3.8, 4) is 11.4 Å². The lowest BCUT2D eigenvalue weighted by Gasteiger charge is -2.19. The first-order valence-electron chi connectivity index (χ1n) is 5.15. The van der Waals surface area contributed by atoms with E-state index in [2.05, 4.69) is 43.5 Å². The van der Waals surface area contributed by atoms with Crippen LogP contribution in [0.2, 0.25) is 0 Å². The van der Waals surface area contributed by atoms with Gasteiger partial charge in [-0.25, -0.2) is 0 Å². The fraction of sp³-hybridized carbons (Fsp3) is 0.400. The summed E-state index contributed by atoms with van der Waals surface area (Å²) in [6.07, 6.45) is 2.52. The molecule has 84 valence electrons. The molecule has 3 rings (SSSR count). The van der Waals surface area contributed by atoms with Crippen LogP contribution in [0.1, 0.15) is 18.2 Å². The SMILES string of the molecule is C[C@@H]1Cc2n[nH]c(-c3nocc3Br)c2CN1. The van der Waals surface area contributed by atoms with Crippen molar-refractivity contribution in [2.45, 2.75) is 25.9 Å². The first-order chi connectivity index (χ1) is 7.75. The van der Waals surface area contributed by atoms with Gasteiger partial charge in [-0.15, -0.1) is 0 Å². The summed E-state index contributed by atoms with van der Waals surface area (Å²) >= 11 is 3.40. The number of nitrogens with one attached hydrogen (secondary N) is 2.